The molecule has 1 unspecified atom stereocenters. The number of hydrogen-bond donors (Lipinski definition) is 1. The Morgan fingerprint density at radius 3 is 2.57 bits per heavy atom. The molecule has 7 heteroatoms. The zero-order valence-corrected chi connectivity index (χ0v) is 16.0. The molecule has 1 fully saturated rings. The number of nitrogens with zero attached hydrogens (tertiary/aromatic N) is 1. The van der Waals surface area contributed by atoms with Crippen molar-refractivity contribution in [3.8, 4) is 5.75 Å². The second-order valence-electron chi connectivity index (χ2n) is 6.76. The lowest BCUT2D eigenvalue weighted by Crippen LogP contribution is -2.29. The van der Waals surface area contributed by atoms with Crippen LogP contribution >= 0.6 is 0 Å². The van der Waals surface area contributed by atoms with Crippen LogP contribution in [0, 0.1) is 5.82 Å². The van der Waals surface area contributed by atoms with Crippen LogP contribution < -0.4 is 4.74 Å². The molecule has 1 aliphatic heterocycles. The van der Waals surface area contributed by atoms with E-state index in [4.69, 9.17) is 9.15 Å². The molecule has 1 amide bonds. The molecule has 2 heterocycles. The number of carbonyl (C=O) groups excluding carboxylic acids is 2. The summed E-state index contributed by atoms with van der Waals surface area (Å²) in [5.41, 5.74) is 0.483. The van der Waals surface area contributed by atoms with Crippen molar-refractivity contribution >= 4 is 17.4 Å². The first-order valence-electron chi connectivity index (χ1n) is 9.21. The number of benzene rings is 2. The van der Waals surface area contributed by atoms with E-state index < -0.39 is 29.3 Å². The summed E-state index contributed by atoms with van der Waals surface area (Å²) < 4.78 is 24.4. The van der Waals surface area contributed by atoms with Crippen molar-refractivity contribution in [2.75, 3.05) is 7.11 Å². The van der Waals surface area contributed by atoms with Crippen LogP contribution in [-0.2, 0) is 16.1 Å². The number of amides is 1. The zero-order valence-electron chi connectivity index (χ0n) is 16.0. The van der Waals surface area contributed by atoms with Gasteiger partial charge in [-0.3, -0.25) is 9.59 Å². The number of aliphatic hydroxyl groups excluding tert-OH is 1. The number of furan rings is 1. The zero-order chi connectivity index (χ0) is 21.3. The summed E-state index contributed by atoms with van der Waals surface area (Å²) in [7, 11) is 1.37. The monoisotopic (exact) mass is 407 g/mol. The highest BCUT2D eigenvalue weighted by molar-refractivity contribution is 6.46. The maximum atomic E-state index is 13.9. The molecule has 30 heavy (non-hydrogen) atoms. The second kappa shape index (κ2) is 7.87. The molecule has 4 rings (SSSR count). The molecule has 0 radical (unpaired) electrons. The van der Waals surface area contributed by atoms with Gasteiger partial charge in [0.05, 0.1) is 37.1 Å². The Bertz CT molecular complexity index is 1120. The van der Waals surface area contributed by atoms with E-state index in [1.165, 1.54) is 30.4 Å². The Labute approximate surface area is 171 Å². The Hall–Kier alpha value is -3.87. The number of ketones is 1. The third kappa shape index (κ3) is 3.34. The minimum atomic E-state index is -0.871. The Morgan fingerprint density at radius 2 is 1.90 bits per heavy atom. The summed E-state index contributed by atoms with van der Waals surface area (Å²) in [6.07, 6.45) is 1.47. The van der Waals surface area contributed by atoms with Crippen LogP contribution in [0.25, 0.3) is 5.76 Å². The highest BCUT2D eigenvalue weighted by Gasteiger charge is 2.46. The van der Waals surface area contributed by atoms with Gasteiger partial charge in [-0.2, -0.15) is 0 Å². The highest BCUT2D eigenvalue weighted by atomic mass is 19.1. The molecule has 1 aliphatic rings. The molecule has 1 aromatic heterocycles. The number of aliphatic hydroxyl groups is 1. The van der Waals surface area contributed by atoms with Crippen molar-refractivity contribution in [2.24, 2.45) is 0 Å². The maximum absolute atomic E-state index is 13.9. The van der Waals surface area contributed by atoms with E-state index in [9.17, 15) is 19.1 Å². The summed E-state index contributed by atoms with van der Waals surface area (Å²) in [4.78, 5) is 27.1. The Morgan fingerprint density at radius 1 is 1.13 bits per heavy atom. The largest absolute Gasteiger partial charge is 0.507 e. The van der Waals surface area contributed by atoms with E-state index in [0.29, 0.717) is 11.3 Å². The van der Waals surface area contributed by atoms with E-state index in [2.05, 4.69) is 0 Å². The third-order valence-corrected chi connectivity index (χ3v) is 4.98. The van der Waals surface area contributed by atoms with Crippen molar-refractivity contribution in [3.63, 3.8) is 0 Å². The molecule has 0 aliphatic carbocycles. The van der Waals surface area contributed by atoms with Crippen LogP contribution in [0.3, 0.4) is 0 Å². The topological polar surface area (TPSA) is 80.0 Å². The van der Waals surface area contributed by atoms with E-state index >= 15 is 0 Å². The fourth-order valence-electron chi connectivity index (χ4n) is 3.61. The predicted molar refractivity (Wildman–Crippen MR) is 106 cm³/mol. The van der Waals surface area contributed by atoms with Gasteiger partial charge in [-0.25, -0.2) is 4.39 Å². The predicted octanol–water partition coefficient (Wildman–Crippen LogP) is 4.05. The summed E-state index contributed by atoms with van der Waals surface area (Å²) in [5, 5.41) is 11.0. The molecular formula is C23H18FNO5. The number of rotatable bonds is 5. The average molecular weight is 407 g/mol. The van der Waals surface area contributed by atoms with Gasteiger partial charge >= 0.3 is 0 Å². The molecule has 2 aromatic carbocycles. The van der Waals surface area contributed by atoms with Crippen LogP contribution in [0.1, 0.15) is 22.9 Å². The van der Waals surface area contributed by atoms with Gasteiger partial charge in [0.1, 0.15) is 23.1 Å². The number of carbonyl (C=O) groups is 2. The highest BCUT2D eigenvalue weighted by Crippen LogP contribution is 2.41. The van der Waals surface area contributed by atoms with Crippen molar-refractivity contribution in [2.45, 2.75) is 12.6 Å². The van der Waals surface area contributed by atoms with E-state index in [1.807, 2.05) is 0 Å². The average Bonchev–Trinajstić information content (AvgIpc) is 3.36. The number of halogens is 1. The number of ether oxygens (including phenoxy) is 1. The van der Waals surface area contributed by atoms with Gasteiger partial charge in [0.2, 0.25) is 0 Å². The number of Topliss-reactive ketones (excluding diaryl/α,β-unsaturated/α-hetero) is 1. The summed E-state index contributed by atoms with van der Waals surface area (Å²) in [6, 6.07) is 14.9. The first-order valence-corrected chi connectivity index (χ1v) is 9.21. The standard InChI is InChI=1S/C23H18FNO5/c1-29-18-10-9-15(24)12-17(18)21(26)19-20(14-6-3-2-4-7-14)25(23(28)22(19)27)13-16-8-5-11-30-16/h2-12,20,26H,13H2,1H3/b21-19+. The molecule has 1 atom stereocenters. The Balaban J connectivity index is 1.90. The molecule has 6 nitrogen and oxygen atoms in total. The van der Waals surface area contributed by atoms with Crippen molar-refractivity contribution in [3.05, 3.63) is 95.2 Å². The minimum Gasteiger partial charge on any atom is -0.507 e. The van der Waals surface area contributed by atoms with Crippen LogP contribution in [0.5, 0.6) is 5.75 Å². The number of hydrogen-bond acceptors (Lipinski definition) is 5. The van der Waals surface area contributed by atoms with Crippen molar-refractivity contribution < 1.29 is 28.2 Å². The fraction of sp³-hybridized carbons (Fsp3) is 0.130. The molecule has 3 aromatic rings. The van der Waals surface area contributed by atoms with Gasteiger partial charge in [-0.05, 0) is 35.9 Å². The molecule has 152 valence electrons. The first-order chi connectivity index (χ1) is 14.5. The summed E-state index contributed by atoms with van der Waals surface area (Å²) >= 11 is 0. The van der Waals surface area contributed by atoms with E-state index in [-0.39, 0.29) is 23.4 Å². The molecule has 1 saturated heterocycles. The van der Waals surface area contributed by atoms with Gasteiger partial charge in [0.15, 0.2) is 0 Å². The smallest absolute Gasteiger partial charge is 0.296 e. The maximum Gasteiger partial charge on any atom is 0.296 e. The lowest BCUT2D eigenvalue weighted by atomic mass is 9.95. The van der Waals surface area contributed by atoms with Gasteiger partial charge < -0.3 is 19.2 Å². The quantitative estimate of drug-likeness (QED) is 0.392. The normalized spacial score (nSPS) is 18.1. The lowest BCUT2D eigenvalue weighted by molar-refractivity contribution is -0.140. The van der Waals surface area contributed by atoms with Crippen LogP contribution in [0.2, 0.25) is 0 Å². The number of likely N-dealkylation sites (tertiary alicyclic amines) is 1. The molecule has 1 N–H and O–H groups in total. The minimum absolute atomic E-state index is 0.00516. The van der Waals surface area contributed by atoms with Gasteiger partial charge in [0.25, 0.3) is 11.7 Å². The van der Waals surface area contributed by atoms with E-state index in [0.717, 1.165) is 6.07 Å². The van der Waals surface area contributed by atoms with Gasteiger partial charge in [0, 0.05) is 0 Å². The second-order valence-corrected chi connectivity index (χ2v) is 6.76. The van der Waals surface area contributed by atoms with Crippen LogP contribution in [-0.4, -0.2) is 28.8 Å². The Kier molecular flexibility index (Phi) is 5.10. The summed E-state index contributed by atoms with van der Waals surface area (Å²) in [5.74, 6) is -2.09. The molecule has 0 spiro atoms. The first kappa shape index (κ1) is 19.4. The lowest BCUT2D eigenvalue weighted by Gasteiger charge is -2.24. The fourth-order valence-corrected chi connectivity index (χ4v) is 3.61. The molecule has 0 bridgehead atoms. The van der Waals surface area contributed by atoms with Crippen LogP contribution in [0.15, 0.2) is 76.9 Å². The SMILES string of the molecule is COc1ccc(F)cc1/C(O)=C1\C(=O)C(=O)N(Cc2ccco2)C1c1ccccc1. The van der Waals surface area contributed by atoms with Gasteiger partial charge in [-0.1, -0.05) is 30.3 Å². The van der Waals surface area contributed by atoms with Crippen LogP contribution in [0.4, 0.5) is 4.39 Å². The van der Waals surface area contributed by atoms with Gasteiger partial charge in [-0.15, -0.1) is 0 Å². The van der Waals surface area contributed by atoms with Crippen molar-refractivity contribution in [1.29, 1.82) is 0 Å². The number of methoxy groups -OCH3 is 1. The summed E-state index contributed by atoms with van der Waals surface area (Å²) in [6.45, 7) is 0.0359. The molecular weight excluding hydrogens is 389 g/mol. The van der Waals surface area contributed by atoms with E-state index in [1.54, 1.807) is 42.5 Å². The third-order valence-electron chi connectivity index (χ3n) is 4.98. The molecule has 0 saturated carbocycles. The van der Waals surface area contributed by atoms with Crippen molar-refractivity contribution in [1.82, 2.24) is 4.90 Å².